The minimum absolute atomic E-state index is 0.246. The van der Waals surface area contributed by atoms with Crippen LogP contribution in [0, 0.1) is 0 Å². The molecule has 0 radical (unpaired) electrons. The third-order valence-electron chi connectivity index (χ3n) is 2.88. The predicted octanol–water partition coefficient (Wildman–Crippen LogP) is 2.27. The smallest absolute Gasteiger partial charge is 0.0674 e. The summed E-state index contributed by atoms with van der Waals surface area (Å²) < 4.78 is 0. The molecule has 1 aliphatic heterocycles. The van der Waals surface area contributed by atoms with Gasteiger partial charge in [-0.25, -0.2) is 0 Å². The van der Waals surface area contributed by atoms with Crippen molar-refractivity contribution in [3.63, 3.8) is 0 Å². The average Bonchev–Trinajstić information content (AvgIpc) is 2.74. The maximum absolute atomic E-state index is 9.42. The summed E-state index contributed by atoms with van der Waals surface area (Å²) in [6.45, 7) is 2.53. The van der Waals surface area contributed by atoms with Crippen molar-refractivity contribution in [3.05, 3.63) is 22.4 Å². The minimum atomic E-state index is 0.246. The molecule has 0 saturated carbocycles. The van der Waals surface area contributed by atoms with Gasteiger partial charge < -0.3 is 5.11 Å². The first-order chi connectivity index (χ1) is 6.92. The fraction of sp³-hybridized carbons (Fsp3) is 0.636. The zero-order chi connectivity index (χ0) is 9.80. The van der Waals surface area contributed by atoms with Crippen molar-refractivity contribution < 1.29 is 5.11 Å². The second kappa shape index (κ2) is 4.91. The standard InChI is InChI=1S/C11H17NOS/c13-9-10(11-5-4-8-14-11)12-6-2-1-3-7-12/h4-5,8,10,13H,1-3,6-7,9H2/t10-/m1/s1. The summed E-state index contributed by atoms with van der Waals surface area (Å²) in [6.07, 6.45) is 3.91. The van der Waals surface area contributed by atoms with Crippen LogP contribution >= 0.6 is 11.3 Å². The van der Waals surface area contributed by atoms with Crippen LogP contribution in [0.1, 0.15) is 30.2 Å². The van der Waals surface area contributed by atoms with Gasteiger partial charge in [0.15, 0.2) is 0 Å². The Morgan fingerprint density at radius 3 is 2.71 bits per heavy atom. The Morgan fingerprint density at radius 2 is 2.14 bits per heavy atom. The fourth-order valence-corrected chi connectivity index (χ4v) is 2.95. The number of piperidine rings is 1. The molecular weight excluding hydrogens is 194 g/mol. The second-order valence-corrected chi connectivity index (χ2v) is 4.79. The number of aliphatic hydroxyl groups is 1. The molecule has 1 aliphatic rings. The van der Waals surface area contributed by atoms with Gasteiger partial charge in [-0.15, -0.1) is 11.3 Å². The maximum atomic E-state index is 9.42. The van der Waals surface area contributed by atoms with Gasteiger partial charge in [0, 0.05) is 4.88 Å². The molecule has 1 saturated heterocycles. The Labute approximate surface area is 89.2 Å². The molecule has 0 unspecified atom stereocenters. The molecule has 1 aromatic rings. The van der Waals surface area contributed by atoms with Gasteiger partial charge in [-0.2, -0.15) is 0 Å². The SMILES string of the molecule is OC[C@H](c1cccs1)N1CCCCC1. The van der Waals surface area contributed by atoms with Gasteiger partial charge in [0.1, 0.15) is 0 Å². The lowest BCUT2D eigenvalue weighted by Crippen LogP contribution is -2.35. The van der Waals surface area contributed by atoms with E-state index in [4.69, 9.17) is 0 Å². The summed E-state index contributed by atoms with van der Waals surface area (Å²) in [7, 11) is 0. The molecule has 0 bridgehead atoms. The van der Waals surface area contributed by atoms with Gasteiger partial charge in [0.25, 0.3) is 0 Å². The monoisotopic (exact) mass is 211 g/mol. The Morgan fingerprint density at radius 1 is 1.36 bits per heavy atom. The highest BCUT2D eigenvalue weighted by molar-refractivity contribution is 7.10. The van der Waals surface area contributed by atoms with E-state index in [1.54, 1.807) is 11.3 Å². The number of nitrogens with zero attached hydrogens (tertiary/aromatic N) is 1. The zero-order valence-electron chi connectivity index (χ0n) is 8.35. The molecule has 1 atom stereocenters. The number of likely N-dealkylation sites (tertiary alicyclic amines) is 1. The van der Waals surface area contributed by atoms with Gasteiger partial charge >= 0.3 is 0 Å². The van der Waals surface area contributed by atoms with Crippen LogP contribution in [-0.4, -0.2) is 29.7 Å². The molecule has 2 rings (SSSR count). The molecular formula is C11H17NOS. The van der Waals surface area contributed by atoms with Crippen LogP contribution in [0.15, 0.2) is 17.5 Å². The number of hydrogen-bond acceptors (Lipinski definition) is 3. The van der Waals surface area contributed by atoms with Crippen LogP contribution in [0.2, 0.25) is 0 Å². The van der Waals surface area contributed by atoms with Gasteiger partial charge in [0.05, 0.1) is 12.6 Å². The fourth-order valence-electron chi connectivity index (χ4n) is 2.10. The molecule has 0 spiro atoms. The first kappa shape index (κ1) is 10.1. The summed E-state index contributed by atoms with van der Waals surface area (Å²) in [5, 5.41) is 11.5. The van der Waals surface area contributed by atoms with Gasteiger partial charge in [0.2, 0.25) is 0 Å². The van der Waals surface area contributed by atoms with Crippen molar-refractivity contribution in [1.82, 2.24) is 4.90 Å². The Hall–Kier alpha value is -0.380. The van der Waals surface area contributed by atoms with E-state index in [0.717, 1.165) is 13.1 Å². The Kier molecular flexibility index (Phi) is 3.56. The lowest BCUT2D eigenvalue weighted by atomic mass is 10.1. The molecule has 3 heteroatoms. The molecule has 0 aliphatic carbocycles. The third-order valence-corrected chi connectivity index (χ3v) is 3.85. The number of rotatable bonds is 3. The first-order valence-electron chi connectivity index (χ1n) is 5.30. The van der Waals surface area contributed by atoms with Crippen LogP contribution < -0.4 is 0 Å². The van der Waals surface area contributed by atoms with Crippen molar-refractivity contribution in [3.8, 4) is 0 Å². The zero-order valence-corrected chi connectivity index (χ0v) is 9.17. The molecule has 2 nitrogen and oxygen atoms in total. The summed E-state index contributed by atoms with van der Waals surface area (Å²) >= 11 is 1.75. The van der Waals surface area contributed by atoms with E-state index < -0.39 is 0 Å². The van der Waals surface area contributed by atoms with Crippen LogP contribution in [0.3, 0.4) is 0 Å². The highest BCUT2D eigenvalue weighted by atomic mass is 32.1. The highest BCUT2D eigenvalue weighted by Crippen LogP contribution is 2.27. The first-order valence-corrected chi connectivity index (χ1v) is 6.18. The lowest BCUT2D eigenvalue weighted by Gasteiger charge is -2.32. The van der Waals surface area contributed by atoms with Gasteiger partial charge in [-0.1, -0.05) is 12.5 Å². The van der Waals surface area contributed by atoms with E-state index in [1.165, 1.54) is 24.1 Å². The van der Waals surface area contributed by atoms with Crippen molar-refractivity contribution in [2.24, 2.45) is 0 Å². The molecule has 1 N–H and O–H groups in total. The van der Waals surface area contributed by atoms with Crippen LogP contribution in [0.4, 0.5) is 0 Å². The van der Waals surface area contributed by atoms with Crippen molar-refractivity contribution in [2.45, 2.75) is 25.3 Å². The number of hydrogen-bond donors (Lipinski definition) is 1. The average molecular weight is 211 g/mol. The minimum Gasteiger partial charge on any atom is -0.394 e. The van der Waals surface area contributed by atoms with Crippen molar-refractivity contribution in [2.75, 3.05) is 19.7 Å². The second-order valence-electron chi connectivity index (χ2n) is 3.81. The molecule has 1 aromatic heterocycles. The van der Waals surface area contributed by atoms with E-state index >= 15 is 0 Å². The van der Waals surface area contributed by atoms with E-state index in [0.29, 0.717) is 0 Å². The van der Waals surface area contributed by atoms with Gasteiger partial charge in [-0.05, 0) is 37.4 Å². The van der Waals surface area contributed by atoms with Crippen molar-refractivity contribution >= 4 is 11.3 Å². The maximum Gasteiger partial charge on any atom is 0.0674 e. The van der Waals surface area contributed by atoms with E-state index in [1.807, 2.05) is 0 Å². The lowest BCUT2D eigenvalue weighted by molar-refractivity contribution is 0.106. The molecule has 0 amide bonds. The highest BCUT2D eigenvalue weighted by Gasteiger charge is 2.21. The van der Waals surface area contributed by atoms with E-state index in [9.17, 15) is 5.11 Å². The topological polar surface area (TPSA) is 23.5 Å². The summed E-state index contributed by atoms with van der Waals surface area (Å²) in [5.41, 5.74) is 0. The number of aliphatic hydroxyl groups excluding tert-OH is 1. The molecule has 0 aromatic carbocycles. The van der Waals surface area contributed by atoms with E-state index in [-0.39, 0.29) is 12.6 Å². The van der Waals surface area contributed by atoms with Crippen LogP contribution in [0.25, 0.3) is 0 Å². The third kappa shape index (κ3) is 2.16. The van der Waals surface area contributed by atoms with Crippen molar-refractivity contribution in [1.29, 1.82) is 0 Å². The normalized spacial score (nSPS) is 20.9. The summed E-state index contributed by atoms with van der Waals surface area (Å²) in [4.78, 5) is 3.71. The van der Waals surface area contributed by atoms with E-state index in [2.05, 4.69) is 22.4 Å². The van der Waals surface area contributed by atoms with Crippen LogP contribution in [0.5, 0.6) is 0 Å². The summed E-state index contributed by atoms with van der Waals surface area (Å²) in [6, 6.07) is 4.43. The Bertz CT molecular complexity index is 254. The molecule has 14 heavy (non-hydrogen) atoms. The molecule has 2 heterocycles. The molecule has 1 fully saturated rings. The largest absolute Gasteiger partial charge is 0.394 e. The predicted molar refractivity (Wildman–Crippen MR) is 59.6 cm³/mol. The Balaban J connectivity index is 2.04. The summed E-state index contributed by atoms with van der Waals surface area (Å²) in [5.74, 6) is 0. The van der Waals surface area contributed by atoms with Gasteiger partial charge in [-0.3, -0.25) is 4.90 Å². The van der Waals surface area contributed by atoms with Crippen LogP contribution in [-0.2, 0) is 0 Å². The number of thiophene rings is 1. The molecule has 78 valence electrons. The quantitative estimate of drug-likeness (QED) is 0.829.